The molecular weight excluding hydrogens is 378 g/mol. The van der Waals surface area contributed by atoms with Gasteiger partial charge in [0.1, 0.15) is 5.75 Å². The number of benzene rings is 2. The molecule has 1 amide bonds. The van der Waals surface area contributed by atoms with Crippen LogP contribution >= 0.6 is 0 Å². The summed E-state index contributed by atoms with van der Waals surface area (Å²) in [5, 5.41) is 7.36. The number of rotatable bonds is 9. The van der Waals surface area contributed by atoms with Crippen LogP contribution in [0.3, 0.4) is 0 Å². The molecule has 0 saturated heterocycles. The van der Waals surface area contributed by atoms with Gasteiger partial charge < -0.3 is 10.1 Å². The second-order valence-electron chi connectivity index (χ2n) is 7.10. The van der Waals surface area contributed by atoms with Crippen molar-refractivity contribution >= 4 is 5.91 Å². The van der Waals surface area contributed by atoms with Gasteiger partial charge in [0.05, 0.1) is 12.3 Å². The molecule has 0 aliphatic carbocycles. The molecule has 0 spiro atoms. The number of aromatic nitrogens is 2. The average Bonchev–Trinajstić information content (AvgIpc) is 2.75. The maximum absolute atomic E-state index is 12.1. The Morgan fingerprint density at radius 1 is 1.03 bits per heavy atom. The molecule has 0 atom stereocenters. The first-order valence-electron chi connectivity index (χ1n) is 10.2. The number of carbonyl (C=O) groups is 1. The highest BCUT2D eigenvalue weighted by Gasteiger charge is 2.06. The summed E-state index contributed by atoms with van der Waals surface area (Å²) < 4.78 is 6.87. The molecule has 0 unspecified atom stereocenters. The summed E-state index contributed by atoms with van der Waals surface area (Å²) in [7, 11) is 0. The third-order valence-electron chi connectivity index (χ3n) is 4.71. The van der Waals surface area contributed by atoms with E-state index < -0.39 is 0 Å². The van der Waals surface area contributed by atoms with Crippen molar-refractivity contribution in [2.24, 2.45) is 0 Å². The van der Waals surface area contributed by atoms with Gasteiger partial charge in [0.25, 0.3) is 5.56 Å². The quantitative estimate of drug-likeness (QED) is 0.589. The Kier molecular flexibility index (Phi) is 7.38. The van der Waals surface area contributed by atoms with Gasteiger partial charge in [-0.15, -0.1) is 0 Å². The van der Waals surface area contributed by atoms with Crippen molar-refractivity contribution in [3.63, 3.8) is 0 Å². The highest BCUT2D eigenvalue weighted by molar-refractivity contribution is 5.75. The summed E-state index contributed by atoms with van der Waals surface area (Å²) in [6, 6.07) is 18.9. The molecule has 6 nitrogen and oxygen atoms in total. The first-order valence-corrected chi connectivity index (χ1v) is 10.2. The number of aryl methyl sites for hydroxylation is 2. The summed E-state index contributed by atoms with van der Waals surface area (Å²) in [5.74, 6) is 0.762. The predicted octanol–water partition coefficient (Wildman–Crippen LogP) is 3.71. The number of carbonyl (C=O) groups excluding carboxylic acids is 1. The third kappa shape index (κ3) is 6.04. The van der Waals surface area contributed by atoms with E-state index in [4.69, 9.17) is 4.74 Å². The fraction of sp³-hybridized carbons (Fsp3) is 0.292. The van der Waals surface area contributed by atoms with Crippen molar-refractivity contribution in [2.45, 2.75) is 39.8 Å². The zero-order valence-electron chi connectivity index (χ0n) is 17.4. The highest BCUT2D eigenvalue weighted by atomic mass is 16.5. The molecule has 6 heteroatoms. The molecule has 0 radical (unpaired) electrons. The molecule has 1 aromatic heterocycles. The number of amides is 1. The Morgan fingerprint density at radius 3 is 2.47 bits per heavy atom. The molecule has 0 fully saturated rings. The first kappa shape index (κ1) is 21.3. The predicted molar refractivity (Wildman–Crippen MR) is 117 cm³/mol. The van der Waals surface area contributed by atoms with Crippen LogP contribution in [0.1, 0.15) is 30.9 Å². The standard InChI is InChI=1S/C24H27N3O3/c1-3-30-21-12-10-20(11-13-21)22-14-15-24(29)27(26-22)16-4-5-23(28)25-17-19-8-6-18(2)7-9-19/h6-15H,3-5,16-17H2,1-2H3,(H,25,28). The van der Waals surface area contributed by atoms with Crippen molar-refractivity contribution in [3.8, 4) is 17.0 Å². The van der Waals surface area contributed by atoms with Crippen LogP contribution < -0.4 is 15.6 Å². The molecule has 156 valence electrons. The van der Waals surface area contributed by atoms with Crippen LogP contribution in [0, 0.1) is 6.92 Å². The van der Waals surface area contributed by atoms with E-state index in [1.54, 1.807) is 6.07 Å². The van der Waals surface area contributed by atoms with Gasteiger partial charge in [-0.2, -0.15) is 5.10 Å². The molecule has 0 saturated carbocycles. The second-order valence-corrected chi connectivity index (χ2v) is 7.10. The minimum absolute atomic E-state index is 0.0358. The Balaban J connectivity index is 1.53. The second kappa shape index (κ2) is 10.4. The number of ether oxygens (including phenoxy) is 1. The fourth-order valence-electron chi connectivity index (χ4n) is 3.04. The summed E-state index contributed by atoms with van der Waals surface area (Å²) in [6.07, 6.45) is 0.882. The maximum atomic E-state index is 12.1. The van der Waals surface area contributed by atoms with Gasteiger partial charge in [0.15, 0.2) is 0 Å². The largest absolute Gasteiger partial charge is 0.494 e. The molecule has 30 heavy (non-hydrogen) atoms. The molecule has 0 aliphatic rings. The van der Waals surface area contributed by atoms with Crippen molar-refractivity contribution in [3.05, 3.63) is 82.1 Å². The van der Waals surface area contributed by atoms with E-state index >= 15 is 0 Å². The molecule has 0 bridgehead atoms. The lowest BCUT2D eigenvalue weighted by molar-refractivity contribution is -0.121. The molecule has 3 aromatic rings. The van der Waals surface area contributed by atoms with E-state index in [2.05, 4.69) is 10.4 Å². The molecule has 3 rings (SSSR count). The van der Waals surface area contributed by atoms with Crippen molar-refractivity contribution in [1.82, 2.24) is 15.1 Å². The minimum Gasteiger partial charge on any atom is -0.494 e. The SMILES string of the molecule is CCOc1ccc(-c2ccc(=O)n(CCCC(=O)NCc3ccc(C)cc3)n2)cc1. The average molecular weight is 405 g/mol. The van der Waals surface area contributed by atoms with Crippen LogP contribution in [0.5, 0.6) is 5.75 Å². The monoisotopic (exact) mass is 405 g/mol. The van der Waals surface area contributed by atoms with E-state index in [-0.39, 0.29) is 11.5 Å². The Hall–Kier alpha value is -3.41. The van der Waals surface area contributed by atoms with Gasteiger partial charge in [-0.05, 0) is 56.2 Å². The molecule has 0 aliphatic heterocycles. The Labute approximate surface area is 176 Å². The van der Waals surface area contributed by atoms with Gasteiger partial charge in [-0.1, -0.05) is 29.8 Å². The lowest BCUT2D eigenvalue weighted by Gasteiger charge is -2.09. The van der Waals surface area contributed by atoms with Crippen molar-refractivity contribution in [2.75, 3.05) is 6.61 Å². The van der Waals surface area contributed by atoms with Crippen LogP contribution in [0.25, 0.3) is 11.3 Å². The van der Waals surface area contributed by atoms with E-state index in [1.165, 1.54) is 16.3 Å². The lowest BCUT2D eigenvalue weighted by Crippen LogP contribution is -2.25. The van der Waals surface area contributed by atoms with Crippen molar-refractivity contribution < 1.29 is 9.53 Å². The Morgan fingerprint density at radius 2 is 1.77 bits per heavy atom. The van der Waals surface area contributed by atoms with E-state index in [1.807, 2.05) is 62.4 Å². The Bertz CT molecular complexity index is 1020. The van der Waals surface area contributed by atoms with Crippen LogP contribution in [0.2, 0.25) is 0 Å². The van der Waals surface area contributed by atoms with E-state index in [0.29, 0.717) is 38.2 Å². The number of nitrogens with zero attached hydrogens (tertiary/aromatic N) is 2. The zero-order valence-corrected chi connectivity index (χ0v) is 17.4. The summed E-state index contributed by atoms with van der Waals surface area (Å²) in [6.45, 7) is 5.48. The zero-order chi connectivity index (χ0) is 21.3. The number of hydrogen-bond acceptors (Lipinski definition) is 4. The number of nitrogens with one attached hydrogen (secondary N) is 1. The molecule has 1 heterocycles. The maximum Gasteiger partial charge on any atom is 0.266 e. The summed E-state index contributed by atoms with van der Waals surface area (Å²) in [4.78, 5) is 24.2. The van der Waals surface area contributed by atoms with Gasteiger partial charge in [-0.3, -0.25) is 9.59 Å². The van der Waals surface area contributed by atoms with Gasteiger partial charge in [-0.25, -0.2) is 4.68 Å². The first-order chi connectivity index (χ1) is 14.5. The number of hydrogen-bond donors (Lipinski definition) is 1. The summed E-state index contributed by atoms with van der Waals surface area (Å²) in [5.41, 5.74) is 3.69. The molecular formula is C24H27N3O3. The van der Waals surface area contributed by atoms with E-state index in [0.717, 1.165) is 16.9 Å². The molecule has 2 aromatic carbocycles. The van der Waals surface area contributed by atoms with Crippen LogP contribution in [0.15, 0.2) is 65.5 Å². The van der Waals surface area contributed by atoms with Crippen molar-refractivity contribution in [1.29, 1.82) is 0 Å². The van der Waals surface area contributed by atoms with Crippen LogP contribution in [-0.2, 0) is 17.9 Å². The van der Waals surface area contributed by atoms with Gasteiger partial charge in [0, 0.05) is 31.1 Å². The smallest absolute Gasteiger partial charge is 0.266 e. The lowest BCUT2D eigenvalue weighted by atomic mass is 10.1. The van der Waals surface area contributed by atoms with E-state index in [9.17, 15) is 9.59 Å². The van der Waals surface area contributed by atoms with Crippen LogP contribution in [0.4, 0.5) is 0 Å². The molecule has 1 N–H and O–H groups in total. The van der Waals surface area contributed by atoms with Crippen LogP contribution in [-0.4, -0.2) is 22.3 Å². The van der Waals surface area contributed by atoms with Gasteiger partial charge in [0.2, 0.25) is 5.91 Å². The third-order valence-corrected chi connectivity index (χ3v) is 4.71. The topological polar surface area (TPSA) is 73.2 Å². The normalized spacial score (nSPS) is 10.6. The minimum atomic E-state index is -0.176. The van der Waals surface area contributed by atoms with Gasteiger partial charge >= 0.3 is 0 Å². The highest BCUT2D eigenvalue weighted by Crippen LogP contribution is 2.19. The fourth-order valence-corrected chi connectivity index (χ4v) is 3.04. The summed E-state index contributed by atoms with van der Waals surface area (Å²) >= 11 is 0.